The van der Waals surface area contributed by atoms with E-state index in [1.54, 1.807) is 0 Å². The molecule has 1 aromatic carbocycles. The summed E-state index contributed by atoms with van der Waals surface area (Å²) in [6.45, 7) is 8.00. The van der Waals surface area contributed by atoms with E-state index in [0.29, 0.717) is 10.7 Å². The highest BCUT2D eigenvalue weighted by molar-refractivity contribution is 7.99. The molecule has 2 aromatic rings. The molecule has 96 valence electrons. The number of nitriles is 1. The normalized spacial score (nSPS) is 10.3. The van der Waals surface area contributed by atoms with E-state index in [4.69, 9.17) is 5.26 Å². The van der Waals surface area contributed by atoms with E-state index in [1.807, 2.05) is 45.9 Å². The van der Waals surface area contributed by atoms with Gasteiger partial charge < -0.3 is 0 Å². The molecule has 0 N–H and O–H groups in total. The van der Waals surface area contributed by atoms with Crippen LogP contribution in [0, 0.1) is 39.0 Å². The van der Waals surface area contributed by atoms with Crippen molar-refractivity contribution >= 4 is 11.8 Å². The van der Waals surface area contributed by atoms with Crippen LogP contribution in [-0.4, -0.2) is 9.97 Å². The van der Waals surface area contributed by atoms with Crippen LogP contribution in [0.3, 0.4) is 0 Å². The van der Waals surface area contributed by atoms with Crippen molar-refractivity contribution in [3.05, 3.63) is 46.3 Å². The third-order valence-corrected chi connectivity index (χ3v) is 3.99. The Hall–Kier alpha value is -1.86. The summed E-state index contributed by atoms with van der Waals surface area (Å²) < 4.78 is 0. The van der Waals surface area contributed by atoms with Crippen LogP contribution in [0.1, 0.15) is 28.1 Å². The quantitative estimate of drug-likeness (QED) is 0.779. The summed E-state index contributed by atoms with van der Waals surface area (Å²) in [7, 11) is 0. The molecule has 0 aliphatic carbocycles. The Bertz CT molecular complexity index is 649. The van der Waals surface area contributed by atoms with Gasteiger partial charge in [0, 0.05) is 16.3 Å². The second-order valence-corrected chi connectivity index (χ2v) is 5.52. The topological polar surface area (TPSA) is 49.6 Å². The van der Waals surface area contributed by atoms with Crippen LogP contribution in [0.4, 0.5) is 0 Å². The fourth-order valence-electron chi connectivity index (χ4n) is 1.69. The molecule has 0 aliphatic rings. The number of nitrogens with zero attached hydrogens (tertiary/aromatic N) is 3. The summed E-state index contributed by atoms with van der Waals surface area (Å²) in [5.41, 5.74) is 4.88. The number of rotatable bonds is 2. The average Bonchev–Trinajstić information content (AvgIpc) is 2.36. The summed E-state index contributed by atoms with van der Waals surface area (Å²) >= 11 is 1.45. The van der Waals surface area contributed by atoms with Crippen LogP contribution in [0.2, 0.25) is 0 Å². The molecule has 0 aliphatic heterocycles. The first-order valence-corrected chi connectivity index (χ1v) is 6.83. The minimum Gasteiger partial charge on any atom is -0.227 e. The van der Waals surface area contributed by atoms with Gasteiger partial charge >= 0.3 is 0 Å². The van der Waals surface area contributed by atoms with E-state index in [2.05, 4.69) is 16.0 Å². The lowest BCUT2D eigenvalue weighted by atomic mass is 10.2. The van der Waals surface area contributed by atoms with Gasteiger partial charge in [-0.15, -0.1) is 0 Å². The number of aryl methyl sites for hydroxylation is 3. The zero-order valence-electron chi connectivity index (χ0n) is 11.5. The van der Waals surface area contributed by atoms with Gasteiger partial charge in [-0.2, -0.15) is 5.26 Å². The molecule has 0 atom stereocenters. The van der Waals surface area contributed by atoms with Gasteiger partial charge in [0.15, 0.2) is 5.16 Å². The van der Waals surface area contributed by atoms with Crippen LogP contribution in [0.5, 0.6) is 0 Å². The number of hydrogen-bond donors (Lipinski definition) is 0. The molecular weight excluding hydrogens is 254 g/mol. The molecule has 0 spiro atoms. The Morgan fingerprint density at radius 3 is 2.26 bits per heavy atom. The molecule has 19 heavy (non-hydrogen) atoms. The van der Waals surface area contributed by atoms with E-state index in [-0.39, 0.29) is 0 Å². The van der Waals surface area contributed by atoms with Crippen LogP contribution < -0.4 is 0 Å². The molecule has 4 heteroatoms. The zero-order valence-corrected chi connectivity index (χ0v) is 12.3. The van der Waals surface area contributed by atoms with Crippen molar-refractivity contribution in [1.29, 1.82) is 5.26 Å². The molecule has 2 rings (SSSR count). The van der Waals surface area contributed by atoms with Gasteiger partial charge in [0.25, 0.3) is 0 Å². The number of hydrogen-bond acceptors (Lipinski definition) is 4. The SMILES string of the molecule is Cc1ccc(C#N)c(Sc2nc(C)c(C)c(C)n2)c1. The smallest absolute Gasteiger partial charge is 0.192 e. The minimum absolute atomic E-state index is 0.662. The molecule has 0 saturated carbocycles. The fourth-order valence-corrected chi connectivity index (χ4v) is 2.72. The van der Waals surface area contributed by atoms with Gasteiger partial charge in [-0.3, -0.25) is 0 Å². The van der Waals surface area contributed by atoms with E-state index in [1.165, 1.54) is 11.8 Å². The number of aromatic nitrogens is 2. The van der Waals surface area contributed by atoms with E-state index in [0.717, 1.165) is 27.4 Å². The summed E-state index contributed by atoms with van der Waals surface area (Å²) in [6.07, 6.45) is 0. The predicted octanol–water partition coefficient (Wildman–Crippen LogP) is 3.73. The lowest BCUT2D eigenvalue weighted by molar-refractivity contribution is 0.880. The first-order valence-electron chi connectivity index (χ1n) is 6.01. The maximum atomic E-state index is 9.14. The van der Waals surface area contributed by atoms with Crippen LogP contribution >= 0.6 is 11.8 Å². The number of benzene rings is 1. The first kappa shape index (κ1) is 13.6. The molecule has 0 fully saturated rings. The Morgan fingerprint density at radius 1 is 1.05 bits per heavy atom. The highest BCUT2D eigenvalue weighted by atomic mass is 32.2. The maximum Gasteiger partial charge on any atom is 0.192 e. The van der Waals surface area contributed by atoms with Crippen molar-refractivity contribution in [2.75, 3.05) is 0 Å². The van der Waals surface area contributed by atoms with Crippen molar-refractivity contribution < 1.29 is 0 Å². The van der Waals surface area contributed by atoms with E-state index >= 15 is 0 Å². The molecule has 0 radical (unpaired) electrons. The van der Waals surface area contributed by atoms with Gasteiger partial charge in [0.1, 0.15) is 6.07 Å². The summed E-state index contributed by atoms with van der Waals surface area (Å²) in [5.74, 6) is 0. The fraction of sp³-hybridized carbons (Fsp3) is 0.267. The van der Waals surface area contributed by atoms with Crippen molar-refractivity contribution in [2.45, 2.75) is 37.7 Å². The lowest BCUT2D eigenvalue weighted by Crippen LogP contribution is -1.98. The van der Waals surface area contributed by atoms with Gasteiger partial charge in [-0.25, -0.2) is 9.97 Å². The third-order valence-electron chi connectivity index (χ3n) is 3.07. The lowest BCUT2D eigenvalue weighted by Gasteiger charge is -2.08. The molecule has 1 heterocycles. The van der Waals surface area contributed by atoms with E-state index < -0.39 is 0 Å². The monoisotopic (exact) mass is 269 g/mol. The Morgan fingerprint density at radius 2 is 1.68 bits per heavy atom. The average molecular weight is 269 g/mol. The van der Waals surface area contributed by atoms with Crippen molar-refractivity contribution in [1.82, 2.24) is 9.97 Å². The van der Waals surface area contributed by atoms with Gasteiger partial charge in [-0.05, 0) is 62.7 Å². The summed E-state index contributed by atoms with van der Waals surface area (Å²) in [6, 6.07) is 7.98. The zero-order chi connectivity index (χ0) is 14.0. The maximum absolute atomic E-state index is 9.14. The Kier molecular flexibility index (Phi) is 3.87. The largest absolute Gasteiger partial charge is 0.227 e. The standard InChI is InChI=1S/C15H15N3S/c1-9-5-6-13(8-16)14(7-9)19-15-17-11(3)10(2)12(4)18-15/h5-7H,1-4H3. The van der Waals surface area contributed by atoms with Gasteiger partial charge in [0.2, 0.25) is 0 Å². The van der Waals surface area contributed by atoms with Crippen LogP contribution in [-0.2, 0) is 0 Å². The molecule has 1 aromatic heterocycles. The predicted molar refractivity (Wildman–Crippen MR) is 76.3 cm³/mol. The van der Waals surface area contributed by atoms with Crippen LogP contribution in [0.15, 0.2) is 28.3 Å². The molecule has 0 bridgehead atoms. The second-order valence-electron chi connectivity index (χ2n) is 4.52. The molecule has 0 saturated heterocycles. The van der Waals surface area contributed by atoms with Gasteiger partial charge in [0.05, 0.1) is 5.56 Å². The Balaban J connectivity index is 2.42. The summed E-state index contributed by atoms with van der Waals surface area (Å²) in [5, 5.41) is 9.83. The Labute approximate surface area is 117 Å². The molecular formula is C15H15N3S. The van der Waals surface area contributed by atoms with Crippen molar-refractivity contribution in [2.24, 2.45) is 0 Å². The minimum atomic E-state index is 0.662. The molecule has 0 unspecified atom stereocenters. The summed E-state index contributed by atoms with van der Waals surface area (Å²) in [4.78, 5) is 9.86. The van der Waals surface area contributed by atoms with Crippen molar-refractivity contribution in [3.63, 3.8) is 0 Å². The molecule has 3 nitrogen and oxygen atoms in total. The molecule has 0 amide bonds. The van der Waals surface area contributed by atoms with Crippen LogP contribution in [0.25, 0.3) is 0 Å². The first-order chi connectivity index (χ1) is 9.01. The highest BCUT2D eigenvalue weighted by Crippen LogP contribution is 2.29. The van der Waals surface area contributed by atoms with E-state index in [9.17, 15) is 0 Å². The second kappa shape index (κ2) is 5.41. The third kappa shape index (κ3) is 2.94. The van der Waals surface area contributed by atoms with Gasteiger partial charge in [-0.1, -0.05) is 6.07 Å². The van der Waals surface area contributed by atoms with Crippen molar-refractivity contribution in [3.8, 4) is 6.07 Å². The highest BCUT2D eigenvalue weighted by Gasteiger charge is 2.09.